The Bertz CT molecular complexity index is 1490. The summed E-state index contributed by atoms with van der Waals surface area (Å²) in [7, 11) is 4.48. The van der Waals surface area contributed by atoms with E-state index in [4.69, 9.17) is 23.7 Å². The number of halogens is 3. The molecule has 12 heteroatoms. The van der Waals surface area contributed by atoms with E-state index in [1.165, 1.54) is 38.4 Å². The van der Waals surface area contributed by atoms with Gasteiger partial charge in [-0.15, -0.1) is 13.2 Å². The highest BCUT2D eigenvalue weighted by Crippen LogP contribution is 2.44. The monoisotopic (exact) mass is 617 g/mol. The second-order valence-corrected chi connectivity index (χ2v) is 9.77. The minimum atomic E-state index is -4.96. The predicted octanol–water partition coefficient (Wildman–Crippen LogP) is 6.15. The molecule has 0 N–H and O–H groups in total. The van der Waals surface area contributed by atoms with Gasteiger partial charge in [0.2, 0.25) is 0 Å². The molecule has 3 aromatic rings. The Balaban J connectivity index is 1.96. The summed E-state index contributed by atoms with van der Waals surface area (Å²) in [6.45, 7) is 3.56. The van der Waals surface area contributed by atoms with Crippen LogP contribution in [-0.4, -0.2) is 52.3 Å². The number of rotatable bonds is 11. The Labute approximate surface area is 253 Å². The minimum Gasteiger partial charge on any atom is -0.497 e. The number of alkyl halides is 3. The highest BCUT2D eigenvalue weighted by molar-refractivity contribution is 6.00. The molecule has 1 amide bonds. The maximum Gasteiger partial charge on any atom is 0.573 e. The molecule has 0 unspecified atom stereocenters. The molecule has 3 aromatic carbocycles. The van der Waals surface area contributed by atoms with E-state index >= 15 is 0 Å². The van der Waals surface area contributed by atoms with Crippen molar-refractivity contribution in [2.75, 3.05) is 32.8 Å². The van der Waals surface area contributed by atoms with Crippen molar-refractivity contribution < 1.29 is 51.2 Å². The molecular formula is C32H34F3NO8. The predicted molar refractivity (Wildman–Crippen MR) is 154 cm³/mol. The van der Waals surface area contributed by atoms with Gasteiger partial charge in [0.25, 0.3) is 5.91 Å². The first-order valence-electron chi connectivity index (χ1n) is 13.9. The van der Waals surface area contributed by atoms with Crippen molar-refractivity contribution in [1.29, 1.82) is 0 Å². The molecule has 0 bridgehead atoms. The molecule has 2 atom stereocenters. The SMILES string of the molecule is CCOC(=O)C[C@H]1O[C@H](c2cccc(OC)c2CC)c2cc(OC(F)(F)F)ccc2N(Cc2ccc(OC)cc2OC)C1=O. The Kier molecular flexibility index (Phi) is 10.3. The number of fused-ring (bicyclic) bond motifs is 1. The molecule has 1 aliphatic rings. The Morgan fingerprint density at radius 1 is 0.909 bits per heavy atom. The standard InChI is InChI=1S/C32H34F3NO8/c1-6-22-23(9-8-10-26(22)40-4)30-24-15-21(44-32(33,34)35)13-14-25(24)36(31(38)28(43-30)17-29(37)42-7-2)18-19-11-12-20(39-3)16-27(19)41-5/h8-16,28,30H,6-7,17-18H2,1-5H3/t28-,30-/m1/s1. The number of benzene rings is 3. The highest BCUT2D eigenvalue weighted by atomic mass is 19.4. The molecular weight excluding hydrogens is 583 g/mol. The summed E-state index contributed by atoms with van der Waals surface area (Å²) in [5, 5.41) is 0. The van der Waals surface area contributed by atoms with Gasteiger partial charge in [-0.05, 0) is 60.9 Å². The largest absolute Gasteiger partial charge is 0.573 e. The Morgan fingerprint density at radius 2 is 1.64 bits per heavy atom. The van der Waals surface area contributed by atoms with E-state index in [2.05, 4.69) is 4.74 Å². The van der Waals surface area contributed by atoms with E-state index in [0.29, 0.717) is 34.8 Å². The fourth-order valence-electron chi connectivity index (χ4n) is 5.24. The normalized spacial score (nSPS) is 16.5. The van der Waals surface area contributed by atoms with Gasteiger partial charge in [-0.2, -0.15) is 0 Å². The van der Waals surface area contributed by atoms with Crippen LogP contribution in [0, 0.1) is 0 Å². The lowest BCUT2D eigenvalue weighted by molar-refractivity contribution is -0.274. The van der Waals surface area contributed by atoms with E-state index in [0.717, 1.165) is 11.6 Å². The van der Waals surface area contributed by atoms with Crippen molar-refractivity contribution in [2.45, 2.75) is 51.8 Å². The van der Waals surface area contributed by atoms with E-state index < -0.39 is 42.6 Å². The zero-order chi connectivity index (χ0) is 32.0. The topological polar surface area (TPSA) is 92.8 Å². The molecule has 0 saturated heterocycles. The van der Waals surface area contributed by atoms with Crippen LogP contribution in [0.4, 0.5) is 18.9 Å². The molecule has 4 rings (SSSR count). The van der Waals surface area contributed by atoms with Gasteiger partial charge >= 0.3 is 12.3 Å². The summed E-state index contributed by atoms with van der Waals surface area (Å²) in [6, 6.07) is 14.0. The van der Waals surface area contributed by atoms with Crippen molar-refractivity contribution in [3.63, 3.8) is 0 Å². The van der Waals surface area contributed by atoms with Crippen LogP contribution in [0.15, 0.2) is 54.6 Å². The van der Waals surface area contributed by atoms with Crippen molar-refractivity contribution >= 4 is 17.6 Å². The van der Waals surface area contributed by atoms with Crippen LogP contribution in [0.2, 0.25) is 0 Å². The summed E-state index contributed by atoms with van der Waals surface area (Å²) >= 11 is 0. The van der Waals surface area contributed by atoms with Gasteiger partial charge in [-0.3, -0.25) is 9.59 Å². The van der Waals surface area contributed by atoms with Gasteiger partial charge in [0.1, 0.15) is 35.2 Å². The highest BCUT2D eigenvalue weighted by Gasteiger charge is 2.40. The van der Waals surface area contributed by atoms with Crippen molar-refractivity contribution in [1.82, 2.24) is 0 Å². The number of amides is 1. The fraction of sp³-hybridized carbons (Fsp3) is 0.375. The van der Waals surface area contributed by atoms with Crippen LogP contribution in [-0.2, 0) is 32.0 Å². The van der Waals surface area contributed by atoms with Crippen LogP contribution in [0.3, 0.4) is 0 Å². The quantitative estimate of drug-likeness (QED) is 0.237. The Morgan fingerprint density at radius 3 is 2.27 bits per heavy atom. The number of methoxy groups -OCH3 is 3. The van der Waals surface area contributed by atoms with E-state index in [1.54, 1.807) is 43.3 Å². The van der Waals surface area contributed by atoms with E-state index in [1.807, 2.05) is 6.92 Å². The molecule has 0 spiro atoms. The number of nitrogens with zero attached hydrogens (tertiary/aromatic N) is 1. The lowest BCUT2D eigenvalue weighted by Gasteiger charge is -2.26. The molecule has 0 saturated carbocycles. The van der Waals surface area contributed by atoms with Crippen LogP contribution in [0.25, 0.3) is 0 Å². The summed E-state index contributed by atoms with van der Waals surface area (Å²) in [6.07, 6.45) is -7.34. The molecule has 1 aliphatic heterocycles. The first kappa shape index (κ1) is 32.5. The van der Waals surface area contributed by atoms with Gasteiger partial charge in [-0.1, -0.05) is 19.1 Å². The van der Waals surface area contributed by atoms with Crippen molar-refractivity contribution in [3.05, 3.63) is 76.9 Å². The lowest BCUT2D eigenvalue weighted by Crippen LogP contribution is -2.40. The number of esters is 1. The van der Waals surface area contributed by atoms with Gasteiger partial charge in [0.05, 0.1) is 46.6 Å². The maximum atomic E-state index is 14.2. The first-order chi connectivity index (χ1) is 21.0. The maximum absolute atomic E-state index is 14.2. The third-order valence-electron chi connectivity index (χ3n) is 7.15. The van der Waals surface area contributed by atoms with Crippen LogP contribution in [0.1, 0.15) is 48.6 Å². The average molecular weight is 618 g/mol. The van der Waals surface area contributed by atoms with Gasteiger partial charge in [0, 0.05) is 17.2 Å². The lowest BCUT2D eigenvalue weighted by atomic mass is 9.93. The zero-order valence-corrected chi connectivity index (χ0v) is 25.0. The number of hydrogen-bond donors (Lipinski definition) is 0. The van der Waals surface area contributed by atoms with Gasteiger partial charge in [0.15, 0.2) is 0 Å². The number of carbonyl (C=O) groups excluding carboxylic acids is 2. The van der Waals surface area contributed by atoms with Crippen LogP contribution in [0.5, 0.6) is 23.0 Å². The first-order valence-corrected chi connectivity index (χ1v) is 13.9. The average Bonchev–Trinajstić information content (AvgIpc) is 3.10. The van der Waals surface area contributed by atoms with E-state index in [-0.39, 0.29) is 24.4 Å². The number of anilines is 1. The molecule has 0 aromatic heterocycles. The van der Waals surface area contributed by atoms with Crippen molar-refractivity contribution in [3.8, 4) is 23.0 Å². The molecule has 0 radical (unpaired) electrons. The fourth-order valence-corrected chi connectivity index (χ4v) is 5.24. The summed E-state index contributed by atoms with van der Waals surface area (Å²) in [5.74, 6) is -0.277. The molecule has 236 valence electrons. The van der Waals surface area contributed by atoms with E-state index in [9.17, 15) is 22.8 Å². The smallest absolute Gasteiger partial charge is 0.497 e. The minimum absolute atomic E-state index is 0.0629. The third-order valence-corrected chi connectivity index (χ3v) is 7.15. The molecule has 0 aliphatic carbocycles. The van der Waals surface area contributed by atoms with Gasteiger partial charge < -0.3 is 33.3 Å². The third kappa shape index (κ3) is 7.19. The summed E-state index contributed by atoms with van der Waals surface area (Å²) < 4.78 is 72.2. The number of hydrogen-bond acceptors (Lipinski definition) is 8. The second-order valence-electron chi connectivity index (χ2n) is 9.77. The number of ether oxygens (including phenoxy) is 6. The summed E-state index contributed by atoms with van der Waals surface area (Å²) in [5.41, 5.74) is 2.35. The Hall–Kier alpha value is -4.45. The van der Waals surface area contributed by atoms with Crippen LogP contribution < -0.4 is 23.8 Å². The molecule has 44 heavy (non-hydrogen) atoms. The molecule has 1 heterocycles. The number of carbonyl (C=O) groups is 2. The molecule has 0 fully saturated rings. The zero-order valence-electron chi connectivity index (χ0n) is 25.0. The molecule has 9 nitrogen and oxygen atoms in total. The van der Waals surface area contributed by atoms with Gasteiger partial charge in [-0.25, -0.2) is 0 Å². The van der Waals surface area contributed by atoms with Crippen molar-refractivity contribution in [2.24, 2.45) is 0 Å². The summed E-state index contributed by atoms with van der Waals surface area (Å²) in [4.78, 5) is 28.3. The second kappa shape index (κ2) is 13.9. The van der Waals surface area contributed by atoms with Crippen LogP contribution >= 0.6 is 0 Å².